The summed E-state index contributed by atoms with van der Waals surface area (Å²) in [6, 6.07) is 0.374. The van der Waals surface area contributed by atoms with Crippen LogP contribution in [0.15, 0.2) is 0 Å². The van der Waals surface area contributed by atoms with E-state index in [1.807, 2.05) is 0 Å². The van der Waals surface area contributed by atoms with Crippen molar-refractivity contribution in [3.05, 3.63) is 0 Å². The first-order valence-electron chi connectivity index (χ1n) is 6.77. The van der Waals surface area contributed by atoms with Crippen molar-refractivity contribution < 1.29 is 4.79 Å². The molecular formula is C14H24ClNO. The largest absolute Gasteiger partial charge is 0.353 e. The molecule has 2 aliphatic rings. The van der Waals surface area contributed by atoms with Crippen molar-refractivity contribution in [2.75, 3.05) is 5.88 Å². The minimum Gasteiger partial charge on any atom is -0.353 e. The van der Waals surface area contributed by atoms with E-state index < -0.39 is 0 Å². The first kappa shape index (κ1) is 13.2. The Morgan fingerprint density at radius 1 is 1.41 bits per heavy atom. The van der Waals surface area contributed by atoms with Crippen LogP contribution in [0.4, 0.5) is 0 Å². The zero-order valence-electron chi connectivity index (χ0n) is 11.2. The highest BCUT2D eigenvalue weighted by atomic mass is 35.5. The van der Waals surface area contributed by atoms with Crippen LogP contribution in [0.25, 0.3) is 0 Å². The predicted molar refractivity (Wildman–Crippen MR) is 71.1 cm³/mol. The highest BCUT2D eigenvalue weighted by molar-refractivity contribution is 6.17. The molecule has 3 atom stereocenters. The van der Waals surface area contributed by atoms with Gasteiger partial charge < -0.3 is 5.32 Å². The number of hydrogen-bond acceptors (Lipinski definition) is 1. The summed E-state index contributed by atoms with van der Waals surface area (Å²) in [5.41, 5.74) is 0.658. The Hall–Kier alpha value is -0.240. The van der Waals surface area contributed by atoms with Crippen molar-refractivity contribution in [1.29, 1.82) is 0 Å². The molecule has 0 saturated heterocycles. The molecule has 0 aromatic heterocycles. The lowest BCUT2D eigenvalue weighted by Gasteiger charge is -2.39. The average Bonchev–Trinajstić information content (AvgIpc) is 2.59. The summed E-state index contributed by atoms with van der Waals surface area (Å²) < 4.78 is 0. The summed E-state index contributed by atoms with van der Waals surface area (Å²) in [6.45, 7) is 7.09. The van der Waals surface area contributed by atoms with E-state index in [1.165, 1.54) is 12.8 Å². The normalized spacial score (nSPS) is 38.4. The molecule has 1 amide bonds. The smallest absolute Gasteiger partial charge is 0.220 e. The van der Waals surface area contributed by atoms with E-state index in [-0.39, 0.29) is 11.3 Å². The van der Waals surface area contributed by atoms with Gasteiger partial charge in [0.1, 0.15) is 0 Å². The molecule has 2 bridgehead atoms. The monoisotopic (exact) mass is 257 g/mol. The minimum absolute atomic E-state index is 0.181. The standard InChI is InChI=1S/C14H24ClNO/c1-13(2)10-6-7-14(13,3)11(9-10)16-12(17)5-4-8-15/h10-11H,4-9H2,1-3H3,(H,16,17). The number of nitrogens with one attached hydrogen (secondary N) is 1. The Balaban J connectivity index is 1.98. The van der Waals surface area contributed by atoms with Crippen molar-refractivity contribution in [2.24, 2.45) is 16.7 Å². The van der Waals surface area contributed by atoms with Crippen LogP contribution in [-0.2, 0) is 4.79 Å². The summed E-state index contributed by atoms with van der Waals surface area (Å²) in [4.78, 5) is 11.8. The maximum Gasteiger partial charge on any atom is 0.220 e. The summed E-state index contributed by atoms with van der Waals surface area (Å²) in [5, 5.41) is 3.24. The van der Waals surface area contributed by atoms with E-state index in [0.717, 1.165) is 18.8 Å². The number of carbonyl (C=O) groups is 1. The first-order chi connectivity index (χ1) is 7.91. The van der Waals surface area contributed by atoms with Gasteiger partial charge in [-0.3, -0.25) is 4.79 Å². The highest BCUT2D eigenvalue weighted by Gasteiger charge is 2.61. The van der Waals surface area contributed by atoms with E-state index in [0.29, 0.717) is 23.8 Å². The van der Waals surface area contributed by atoms with E-state index in [1.54, 1.807) is 0 Å². The van der Waals surface area contributed by atoms with E-state index >= 15 is 0 Å². The zero-order valence-corrected chi connectivity index (χ0v) is 11.9. The molecule has 2 aliphatic carbocycles. The van der Waals surface area contributed by atoms with Gasteiger partial charge in [0.25, 0.3) is 0 Å². The van der Waals surface area contributed by atoms with Gasteiger partial charge in [0, 0.05) is 18.3 Å². The van der Waals surface area contributed by atoms with Gasteiger partial charge in [-0.15, -0.1) is 11.6 Å². The third kappa shape index (κ3) is 1.99. The molecule has 2 nitrogen and oxygen atoms in total. The summed E-state index contributed by atoms with van der Waals surface area (Å²) in [5.74, 6) is 1.54. The van der Waals surface area contributed by atoms with Crippen molar-refractivity contribution in [2.45, 2.75) is 58.9 Å². The number of amides is 1. The maximum atomic E-state index is 11.8. The Bertz CT molecular complexity index is 315. The second-order valence-corrected chi connectivity index (χ2v) is 6.90. The lowest BCUT2D eigenvalue weighted by Crippen LogP contribution is -2.46. The third-order valence-electron chi connectivity index (χ3n) is 5.67. The number of halogens is 1. The van der Waals surface area contributed by atoms with Gasteiger partial charge in [0.2, 0.25) is 5.91 Å². The lowest BCUT2D eigenvalue weighted by atomic mass is 9.69. The summed E-state index contributed by atoms with van der Waals surface area (Å²) in [6.07, 6.45) is 5.10. The second-order valence-electron chi connectivity index (χ2n) is 6.52. The average molecular weight is 258 g/mol. The van der Waals surface area contributed by atoms with E-state index in [4.69, 9.17) is 11.6 Å². The van der Waals surface area contributed by atoms with Gasteiger partial charge in [-0.05, 0) is 42.4 Å². The molecular weight excluding hydrogens is 234 g/mol. The van der Waals surface area contributed by atoms with Crippen LogP contribution in [0.3, 0.4) is 0 Å². The predicted octanol–water partition coefficient (Wildman–Crippen LogP) is 3.34. The molecule has 98 valence electrons. The van der Waals surface area contributed by atoms with Crippen LogP contribution in [0.2, 0.25) is 0 Å². The van der Waals surface area contributed by atoms with Crippen molar-refractivity contribution in [3.8, 4) is 0 Å². The van der Waals surface area contributed by atoms with Crippen LogP contribution in [0.5, 0.6) is 0 Å². The zero-order chi connectivity index (χ0) is 12.7. The van der Waals surface area contributed by atoms with Crippen molar-refractivity contribution in [1.82, 2.24) is 5.32 Å². The van der Waals surface area contributed by atoms with Gasteiger partial charge in [-0.25, -0.2) is 0 Å². The number of rotatable bonds is 4. The van der Waals surface area contributed by atoms with Gasteiger partial charge in [-0.1, -0.05) is 20.8 Å². The quantitative estimate of drug-likeness (QED) is 0.769. The number of fused-ring (bicyclic) bond motifs is 2. The Labute approximate surface area is 109 Å². The number of hydrogen-bond donors (Lipinski definition) is 1. The summed E-state index contributed by atoms with van der Waals surface area (Å²) in [7, 11) is 0. The van der Waals surface area contributed by atoms with Crippen LogP contribution in [0.1, 0.15) is 52.9 Å². The SMILES string of the molecule is CC1(C)C2CCC1(C)C(NC(=O)CCCCl)C2. The highest BCUT2D eigenvalue weighted by Crippen LogP contribution is 2.65. The Morgan fingerprint density at radius 3 is 2.59 bits per heavy atom. The van der Waals surface area contributed by atoms with Crippen LogP contribution < -0.4 is 5.32 Å². The van der Waals surface area contributed by atoms with Crippen LogP contribution >= 0.6 is 11.6 Å². The van der Waals surface area contributed by atoms with Gasteiger partial charge >= 0.3 is 0 Å². The molecule has 3 heteroatoms. The van der Waals surface area contributed by atoms with Crippen LogP contribution in [-0.4, -0.2) is 17.8 Å². The van der Waals surface area contributed by atoms with Crippen molar-refractivity contribution in [3.63, 3.8) is 0 Å². The molecule has 0 heterocycles. The molecule has 2 saturated carbocycles. The second kappa shape index (κ2) is 4.46. The van der Waals surface area contributed by atoms with E-state index in [2.05, 4.69) is 26.1 Å². The Morgan fingerprint density at radius 2 is 2.12 bits per heavy atom. The molecule has 0 radical (unpaired) electrons. The molecule has 2 rings (SSSR count). The third-order valence-corrected chi connectivity index (χ3v) is 5.93. The van der Waals surface area contributed by atoms with Gasteiger partial charge in [-0.2, -0.15) is 0 Å². The molecule has 3 unspecified atom stereocenters. The lowest BCUT2D eigenvalue weighted by molar-refractivity contribution is -0.122. The fourth-order valence-corrected chi connectivity index (χ4v) is 4.05. The molecule has 0 aromatic carbocycles. The first-order valence-corrected chi connectivity index (χ1v) is 7.30. The minimum atomic E-state index is 0.181. The molecule has 0 aliphatic heterocycles. The maximum absolute atomic E-state index is 11.8. The van der Waals surface area contributed by atoms with Gasteiger partial charge in [0.15, 0.2) is 0 Å². The topological polar surface area (TPSA) is 29.1 Å². The fraction of sp³-hybridized carbons (Fsp3) is 0.929. The molecule has 2 fully saturated rings. The number of alkyl halides is 1. The fourth-order valence-electron chi connectivity index (χ4n) is 3.92. The molecule has 0 aromatic rings. The summed E-state index contributed by atoms with van der Waals surface area (Å²) >= 11 is 5.62. The number of carbonyl (C=O) groups excluding carboxylic acids is 1. The van der Waals surface area contributed by atoms with Crippen molar-refractivity contribution >= 4 is 17.5 Å². The molecule has 17 heavy (non-hydrogen) atoms. The van der Waals surface area contributed by atoms with E-state index in [9.17, 15) is 4.79 Å². The molecule has 0 spiro atoms. The molecule has 1 N–H and O–H groups in total. The Kier molecular flexibility index (Phi) is 3.46. The van der Waals surface area contributed by atoms with Crippen LogP contribution in [0, 0.1) is 16.7 Å². The van der Waals surface area contributed by atoms with Gasteiger partial charge in [0.05, 0.1) is 0 Å².